The summed E-state index contributed by atoms with van der Waals surface area (Å²) in [5.74, 6) is 0.253. The van der Waals surface area contributed by atoms with Crippen LogP contribution < -0.4 is 5.32 Å². The maximum absolute atomic E-state index is 10.5. The van der Waals surface area contributed by atoms with E-state index in [0.29, 0.717) is 5.88 Å². The number of hydrogen-bond donors (Lipinski definition) is 1. The van der Waals surface area contributed by atoms with E-state index >= 15 is 0 Å². The molecule has 9 heavy (non-hydrogen) atoms. The zero-order valence-electron chi connectivity index (χ0n) is 5.36. The van der Waals surface area contributed by atoms with Gasteiger partial charge in [0.25, 0.3) is 0 Å². The molecule has 0 aromatic rings. The van der Waals surface area contributed by atoms with E-state index in [1.807, 2.05) is 6.92 Å². The molecule has 0 aliphatic heterocycles. The van der Waals surface area contributed by atoms with Gasteiger partial charge in [-0.3, -0.25) is 4.79 Å². The molecule has 0 spiro atoms. The lowest BCUT2D eigenvalue weighted by molar-refractivity contribution is -0.116. The minimum absolute atomic E-state index is 0.0252. The Balaban J connectivity index is 3.46. The Morgan fingerprint density at radius 2 is 2.56 bits per heavy atom. The highest BCUT2D eigenvalue weighted by molar-refractivity contribution is 6.18. The predicted octanol–water partition coefficient (Wildman–Crippen LogP) is 0.916. The highest BCUT2D eigenvalue weighted by atomic mass is 35.5. The molecular formula is C6H10ClNO. The fourth-order valence-electron chi connectivity index (χ4n) is 0.340. The van der Waals surface area contributed by atoms with Gasteiger partial charge in [0.2, 0.25) is 5.91 Å². The summed E-state index contributed by atoms with van der Waals surface area (Å²) >= 11 is 5.40. The highest BCUT2D eigenvalue weighted by Gasteiger charge is 1.99. The van der Waals surface area contributed by atoms with Gasteiger partial charge in [-0.2, -0.15) is 0 Å². The number of halogens is 1. The molecule has 0 aliphatic rings. The van der Waals surface area contributed by atoms with E-state index in [2.05, 4.69) is 11.9 Å². The van der Waals surface area contributed by atoms with E-state index in [1.165, 1.54) is 6.08 Å². The Morgan fingerprint density at radius 3 is 2.89 bits per heavy atom. The molecule has 52 valence electrons. The third-order valence-corrected chi connectivity index (χ3v) is 1.27. The predicted molar refractivity (Wildman–Crippen MR) is 38.5 cm³/mol. The SMILES string of the molecule is C=CC(=O)NC(C)CCl. The lowest BCUT2D eigenvalue weighted by Gasteiger charge is -2.06. The van der Waals surface area contributed by atoms with Crippen LogP contribution >= 0.6 is 11.6 Å². The summed E-state index contributed by atoms with van der Waals surface area (Å²) in [6.07, 6.45) is 1.23. The molecule has 0 bridgehead atoms. The molecule has 1 amide bonds. The van der Waals surface area contributed by atoms with Gasteiger partial charge in [-0.05, 0) is 13.0 Å². The van der Waals surface area contributed by atoms with Crippen molar-refractivity contribution in [3.05, 3.63) is 12.7 Å². The summed E-state index contributed by atoms with van der Waals surface area (Å²) in [7, 11) is 0. The summed E-state index contributed by atoms with van der Waals surface area (Å²) in [5.41, 5.74) is 0. The fraction of sp³-hybridized carbons (Fsp3) is 0.500. The fourth-order valence-corrected chi connectivity index (χ4v) is 0.418. The third kappa shape index (κ3) is 4.03. The highest BCUT2D eigenvalue weighted by Crippen LogP contribution is 1.84. The second-order valence-electron chi connectivity index (χ2n) is 1.77. The Bertz CT molecular complexity index is 114. The van der Waals surface area contributed by atoms with Crippen LogP contribution in [0.1, 0.15) is 6.92 Å². The van der Waals surface area contributed by atoms with E-state index < -0.39 is 0 Å². The molecule has 0 radical (unpaired) electrons. The molecule has 1 unspecified atom stereocenters. The average Bonchev–Trinajstić information content (AvgIpc) is 1.87. The van der Waals surface area contributed by atoms with Crippen LogP contribution in [0.2, 0.25) is 0 Å². The third-order valence-electron chi connectivity index (χ3n) is 0.806. The van der Waals surface area contributed by atoms with Crippen LogP contribution in [0.15, 0.2) is 12.7 Å². The van der Waals surface area contributed by atoms with Crippen LogP contribution in [0.4, 0.5) is 0 Å². The number of carbonyl (C=O) groups excluding carboxylic acids is 1. The molecule has 2 nitrogen and oxygen atoms in total. The van der Waals surface area contributed by atoms with Crippen LogP contribution in [-0.4, -0.2) is 17.8 Å². The number of amides is 1. The van der Waals surface area contributed by atoms with Crippen LogP contribution in [0.25, 0.3) is 0 Å². The monoisotopic (exact) mass is 147 g/mol. The number of nitrogens with one attached hydrogen (secondary N) is 1. The van der Waals surface area contributed by atoms with Gasteiger partial charge in [0.05, 0.1) is 0 Å². The zero-order valence-corrected chi connectivity index (χ0v) is 6.11. The first-order chi connectivity index (χ1) is 4.20. The van der Waals surface area contributed by atoms with Crippen LogP contribution in [0.5, 0.6) is 0 Å². The second-order valence-corrected chi connectivity index (χ2v) is 2.08. The van der Waals surface area contributed by atoms with Crippen molar-refractivity contribution < 1.29 is 4.79 Å². The van der Waals surface area contributed by atoms with E-state index in [-0.39, 0.29) is 11.9 Å². The van der Waals surface area contributed by atoms with E-state index in [0.717, 1.165) is 0 Å². The van der Waals surface area contributed by atoms with Gasteiger partial charge in [0.1, 0.15) is 0 Å². The summed E-state index contributed by atoms with van der Waals surface area (Å²) in [5, 5.41) is 2.59. The maximum atomic E-state index is 10.5. The Hall–Kier alpha value is -0.500. The topological polar surface area (TPSA) is 29.1 Å². The summed E-state index contributed by atoms with van der Waals surface area (Å²) in [6.45, 7) is 5.12. The molecule has 0 saturated heterocycles. The van der Waals surface area contributed by atoms with Gasteiger partial charge in [-0.25, -0.2) is 0 Å². The molecular weight excluding hydrogens is 138 g/mol. The average molecular weight is 148 g/mol. The van der Waals surface area contributed by atoms with Crippen molar-refractivity contribution in [2.45, 2.75) is 13.0 Å². The standard InChI is InChI=1S/C6H10ClNO/c1-3-6(9)8-5(2)4-7/h3,5H,1,4H2,2H3,(H,8,9). The number of rotatable bonds is 3. The molecule has 3 heteroatoms. The summed E-state index contributed by atoms with van der Waals surface area (Å²) in [6, 6.07) is 0.0252. The van der Waals surface area contributed by atoms with Crippen molar-refractivity contribution in [2.75, 3.05) is 5.88 Å². The molecule has 0 aromatic carbocycles. The molecule has 0 fully saturated rings. The Kier molecular flexibility index (Phi) is 4.14. The molecule has 0 heterocycles. The second kappa shape index (κ2) is 4.39. The van der Waals surface area contributed by atoms with Crippen LogP contribution in [-0.2, 0) is 4.79 Å². The van der Waals surface area contributed by atoms with Gasteiger partial charge in [0, 0.05) is 11.9 Å². The first-order valence-corrected chi connectivity index (χ1v) is 3.23. The van der Waals surface area contributed by atoms with Gasteiger partial charge >= 0.3 is 0 Å². The van der Waals surface area contributed by atoms with Crippen molar-refractivity contribution in [3.8, 4) is 0 Å². The maximum Gasteiger partial charge on any atom is 0.243 e. The molecule has 1 N–H and O–H groups in total. The van der Waals surface area contributed by atoms with Gasteiger partial charge in [0.15, 0.2) is 0 Å². The first-order valence-electron chi connectivity index (χ1n) is 2.69. The van der Waals surface area contributed by atoms with E-state index in [9.17, 15) is 4.79 Å². The molecule has 0 aliphatic carbocycles. The lowest BCUT2D eigenvalue weighted by atomic mass is 10.4. The smallest absolute Gasteiger partial charge is 0.243 e. The summed E-state index contributed by atoms with van der Waals surface area (Å²) < 4.78 is 0. The van der Waals surface area contributed by atoms with Crippen molar-refractivity contribution >= 4 is 17.5 Å². The quantitative estimate of drug-likeness (QED) is 0.467. The van der Waals surface area contributed by atoms with Crippen LogP contribution in [0.3, 0.4) is 0 Å². The minimum Gasteiger partial charge on any atom is -0.349 e. The number of carbonyl (C=O) groups is 1. The summed E-state index contributed by atoms with van der Waals surface area (Å²) in [4.78, 5) is 10.5. The lowest BCUT2D eigenvalue weighted by Crippen LogP contribution is -2.32. The first kappa shape index (κ1) is 8.50. The molecule has 0 rings (SSSR count). The van der Waals surface area contributed by atoms with E-state index in [1.54, 1.807) is 0 Å². The van der Waals surface area contributed by atoms with Gasteiger partial charge in [-0.15, -0.1) is 11.6 Å². The Morgan fingerprint density at radius 1 is 2.00 bits per heavy atom. The van der Waals surface area contributed by atoms with Gasteiger partial charge in [-0.1, -0.05) is 6.58 Å². The molecule has 0 aromatic heterocycles. The normalized spacial score (nSPS) is 12.2. The van der Waals surface area contributed by atoms with E-state index in [4.69, 9.17) is 11.6 Å². The largest absolute Gasteiger partial charge is 0.349 e. The number of alkyl halides is 1. The zero-order chi connectivity index (χ0) is 7.28. The number of hydrogen-bond acceptors (Lipinski definition) is 1. The van der Waals surface area contributed by atoms with Crippen molar-refractivity contribution in [2.24, 2.45) is 0 Å². The van der Waals surface area contributed by atoms with Crippen molar-refractivity contribution in [1.29, 1.82) is 0 Å². The van der Waals surface area contributed by atoms with Gasteiger partial charge < -0.3 is 5.32 Å². The van der Waals surface area contributed by atoms with Crippen LogP contribution in [0, 0.1) is 0 Å². The van der Waals surface area contributed by atoms with Crippen molar-refractivity contribution in [1.82, 2.24) is 5.32 Å². The van der Waals surface area contributed by atoms with Crippen molar-refractivity contribution in [3.63, 3.8) is 0 Å². The minimum atomic E-state index is -0.178. The molecule has 1 atom stereocenters. The Labute approximate surface area is 59.9 Å². The molecule has 0 saturated carbocycles.